The van der Waals surface area contributed by atoms with Crippen LogP contribution in [-0.4, -0.2) is 61.3 Å². The highest BCUT2D eigenvalue weighted by Gasteiger charge is 2.28. The highest BCUT2D eigenvalue weighted by Crippen LogP contribution is 2.21. The second-order valence-corrected chi connectivity index (χ2v) is 8.01. The van der Waals surface area contributed by atoms with Gasteiger partial charge in [-0.05, 0) is 18.9 Å². The number of nitrogens with zero attached hydrogens (tertiary/aromatic N) is 2. The van der Waals surface area contributed by atoms with Crippen LogP contribution in [0.4, 0.5) is 0 Å². The number of aliphatic hydroxyl groups is 1. The van der Waals surface area contributed by atoms with Crippen LogP contribution < -0.4 is 0 Å². The van der Waals surface area contributed by atoms with Crippen LogP contribution in [0.25, 0.3) is 6.08 Å². The molecule has 1 aromatic heterocycles. The summed E-state index contributed by atoms with van der Waals surface area (Å²) in [6.45, 7) is 5.25. The smallest absolute Gasteiger partial charge is 0.282 e. The molecule has 0 aliphatic heterocycles. The average molecular weight is 441 g/mol. The normalized spacial score (nSPS) is 12.9. The number of unbranched alkanes of at least 4 members (excludes halogenated alkanes) is 9. The molecule has 1 aromatic rings. The van der Waals surface area contributed by atoms with Crippen molar-refractivity contribution in [3.8, 4) is 0 Å². The summed E-state index contributed by atoms with van der Waals surface area (Å²) in [6, 6.07) is 0. The van der Waals surface area contributed by atoms with Crippen LogP contribution in [0.1, 0.15) is 76.3 Å². The number of aliphatic hydroxyl groups excluding tert-OH is 1. The molecular formula is C24H44N2O5. The molecule has 0 spiro atoms. The van der Waals surface area contributed by atoms with Crippen LogP contribution in [0.5, 0.6) is 0 Å². The van der Waals surface area contributed by atoms with Gasteiger partial charge in [0.2, 0.25) is 0 Å². The predicted molar refractivity (Wildman–Crippen MR) is 124 cm³/mol. The monoisotopic (exact) mass is 440 g/mol. The molecule has 1 rings (SSSR count). The Kier molecular flexibility index (Phi) is 15.5. The van der Waals surface area contributed by atoms with E-state index in [-0.39, 0.29) is 0 Å². The molecule has 1 N–H and O–H groups in total. The van der Waals surface area contributed by atoms with Crippen molar-refractivity contribution in [1.29, 1.82) is 0 Å². The Hall–Kier alpha value is -1.25. The number of hydrogen-bond donors (Lipinski definition) is 1. The van der Waals surface area contributed by atoms with E-state index in [1.807, 2.05) is 10.8 Å². The van der Waals surface area contributed by atoms with Crippen LogP contribution in [0.3, 0.4) is 0 Å². The first-order valence-corrected chi connectivity index (χ1v) is 11.6. The maximum absolute atomic E-state index is 10.0. The Labute approximate surface area is 188 Å². The van der Waals surface area contributed by atoms with E-state index >= 15 is 0 Å². The average Bonchev–Trinajstić information content (AvgIpc) is 3.24. The third-order valence-corrected chi connectivity index (χ3v) is 5.55. The lowest BCUT2D eigenvalue weighted by atomic mass is 10.1. The Balaban J connectivity index is 1.85. The van der Waals surface area contributed by atoms with E-state index in [1.165, 1.54) is 51.4 Å². The quantitative estimate of drug-likeness (QED) is 0.219. The van der Waals surface area contributed by atoms with Gasteiger partial charge in [-0.3, -0.25) is 0 Å². The highest BCUT2D eigenvalue weighted by atomic mass is 16.9. The molecule has 0 saturated heterocycles. The van der Waals surface area contributed by atoms with E-state index in [0.717, 1.165) is 25.0 Å². The molecule has 0 radical (unpaired) electrons. The van der Waals surface area contributed by atoms with Gasteiger partial charge in [-0.2, -0.15) is 0 Å². The summed E-state index contributed by atoms with van der Waals surface area (Å²) < 4.78 is 23.4. The van der Waals surface area contributed by atoms with Crippen molar-refractivity contribution < 1.29 is 24.1 Å². The lowest BCUT2D eigenvalue weighted by Crippen LogP contribution is -2.35. The molecule has 7 nitrogen and oxygen atoms in total. The van der Waals surface area contributed by atoms with Gasteiger partial charge in [-0.25, -0.2) is 4.98 Å². The van der Waals surface area contributed by atoms with Gasteiger partial charge < -0.3 is 28.6 Å². The fraction of sp³-hybridized carbons (Fsp3) is 0.792. The van der Waals surface area contributed by atoms with Gasteiger partial charge in [0.05, 0.1) is 31.3 Å². The van der Waals surface area contributed by atoms with Gasteiger partial charge in [-0.1, -0.05) is 57.9 Å². The lowest BCUT2D eigenvalue weighted by Gasteiger charge is -2.28. The zero-order chi connectivity index (χ0) is 22.8. The molecule has 0 bridgehead atoms. The number of methoxy groups -OCH3 is 3. The summed E-state index contributed by atoms with van der Waals surface area (Å²) in [6.07, 6.45) is 17.6. The molecule has 1 heterocycles. The Morgan fingerprint density at radius 1 is 0.968 bits per heavy atom. The molecule has 1 unspecified atom stereocenters. The zero-order valence-electron chi connectivity index (χ0n) is 19.9. The summed E-state index contributed by atoms with van der Waals surface area (Å²) in [5.41, 5.74) is 0.815. The number of hydrogen-bond acceptors (Lipinski definition) is 6. The molecule has 0 aliphatic carbocycles. The fourth-order valence-corrected chi connectivity index (χ4v) is 3.61. The number of imidazole rings is 1. The highest BCUT2D eigenvalue weighted by molar-refractivity contribution is 5.39. The SMILES string of the molecule is C=Cc1cn(CC(O)COCCCCCCCCCCCCC(OC)(OC)OC)cn1. The van der Waals surface area contributed by atoms with E-state index in [4.69, 9.17) is 18.9 Å². The van der Waals surface area contributed by atoms with Gasteiger partial charge in [0.1, 0.15) is 0 Å². The van der Waals surface area contributed by atoms with Gasteiger partial charge in [0.15, 0.2) is 0 Å². The summed E-state index contributed by atoms with van der Waals surface area (Å²) >= 11 is 0. The van der Waals surface area contributed by atoms with Crippen molar-refractivity contribution in [3.63, 3.8) is 0 Å². The van der Waals surface area contributed by atoms with E-state index in [0.29, 0.717) is 19.8 Å². The van der Waals surface area contributed by atoms with Crippen LogP contribution in [-0.2, 0) is 25.5 Å². The molecule has 180 valence electrons. The van der Waals surface area contributed by atoms with Crippen LogP contribution in [0.15, 0.2) is 19.1 Å². The number of aromatic nitrogens is 2. The Morgan fingerprint density at radius 2 is 1.52 bits per heavy atom. The molecular weight excluding hydrogens is 396 g/mol. The van der Waals surface area contributed by atoms with Gasteiger partial charge in [-0.15, -0.1) is 0 Å². The van der Waals surface area contributed by atoms with Crippen molar-refractivity contribution in [2.45, 2.75) is 89.3 Å². The van der Waals surface area contributed by atoms with Crippen molar-refractivity contribution in [3.05, 3.63) is 24.8 Å². The molecule has 0 aliphatic rings. The molecule has 1 atom stereocenters. The van der Waals surface area contributed by atoms with Crippen LogP contribution >= 0.6 is 0 Å². The molecule has 0 amide bonds. The first-order valence-electron chi connectivity index (χ1n) is 11.6. The third kappa shape index (κ3) is 12.4. The molecule has 7 heteroatoms. The summed E-state index contributed by atoms with van der Waals surface area (Å²) in [5.74, 6) is -0.878. The summed E-state index contributed by atoms with van der Waals surface area (Å²) in [7, 11) is 4.85. The van der Waals surface area contributed by atoms with E-state index in [9.17, 15) is 5.11 Å². The maximum atomic E-state index is 10.0. The van der Waals surface area contributed by atoms with Crippen LogP contribution in [0.2, 0.25) is 0 Å². The molecule has 0 saturated carbocycles. The first kappa shape index (κ1) is 27.8. The van der Waals surface area contributed by atoms with Gasteiger partial charge in [0.25, 0.3) is 5.97 Å². The van der Waals surface area contributed by atoms with E-state index in [2.05, 4.69) is 11.6 Å². The van der Waals surface area contributed by atoms with Crippen molar-refractivity contribution in [2.24, 2.45) is 0 Å². The Bertz CT molecular complexity index is 552. The fourth-order valence-electron chi connectivity index (χ4n) is 3.61. The van der Waals surface area contributed by atoms with E-state index in [1.54, 1.807) is 33.7 Å². The van der Waals surface area contributed by atoms with Crippen molar-refractivity contribution in [1.82, 2.24) is 9.55 Å². The number of rotatable bonds is 21. The topological polar surface area (TPSA) is 75.0 Å². The lowest BCUT2D eigenvalue weighted by molar-refractivity contribution is -0.355. The summed E-state index contributed by atoms with van der Waals surface area (Å²) in [5, 5.41) is 10.0. The Morgan fingerprint density at radius 3 is 2.03 bits per heavy atom. The van der Waals surface area contributed by atoms with E-state index < -0.39 is 12.1 Å². The minimum absolute atomic E-state index is 0.363. The maximum Gasteiger partial charge on any atom is 0.282 e. The minimum atomic E-state index is -0.878. The second kappa shape index (κ2) is 17.3. The predicted octanol–water partition coefficient (Wildman–Crippen LogP) is 4.79. The van der Waals surface area contributed by atoms with Crippen LogP contribution in [0, 0.1) is 0 Å². The largest absolute Gasteiger partial charge is 0.389 e. The standard InChI is InChI=1S/C24H44N2O5/c1-5-22-18-26(21-25-22)19-23(27)20-31-17-15-13-11-9-7-6-8-10-12-14-16-24(28-2,29-3)30-4/h5,18,21,23,27H,1,6-17,19-20H2,2-4H3. The van der Waals surface area contributed by atoms with Gasteiger partial charge in [0, 0.05) is 40.6 Å². The second-order valence-electron chi connectivity index (χ2n) is 8.01. The van der Waals surface area contributed by atoms with Crippen molar-refractivity contribution >= 4 is 6.08 Å². The minimum Gasteiger partial charge on any atom is -0.389 e. The molecule has 0 fully saturated rings. The van der Waals surface area contributed by atoms with Gasteiger partial charge >= 0.3 is 0 Å². The first-order chi connectivity index (χ1) is 15.1. The summed E-state index contributed by atoms with van der Waals surface area (Å²) in [4.78, 5) is 4.16. The molecule has 0 aromatic carbocycles. The molecule has 31 heavy (non-hydrogen) atoms. The number of ether oxygens (including phenoxy) is 4. The third-order valence-electron chi connectivity index (χ3n) is 5.55. The zero-order valence-corrected chi connectivity index (χ0v) is 19.9. The van der Waals surface area contributed by atoms with Crippen molar-refractivity contribution in [2.75, 3.05) is 34.5 Å².